The van der Waals surface area contributed by atoms with Crippen molar-refractivity contribution in [2.75, 3.05) is 37.5 Å². The zero-order chi connectivity index (χ0) is 22.8. The Labute approximate surface area is 186 Å². The molecular formula is C21H24ClN3O5S. The van der Waals surface area contributed by atoms with E-state index < -0.39 is 15.9 Å². The van der Waals surface area contributed by atoms with Crippen LogP contribution in [0.1, 0.15) is 18.9 Å². The second-order valence-corrected chi connectivity index (χ2v) is 9.68. The van der Waals surface area contributed by atoms with E-state index in [4.69, 9.17) is 16.3 Å². The largest absolute Gasteiger partial charge is 0.495 e. The van der Waals surface area contributed by atoms with Gasteiger partial charge in [0.05, 0.1) is 23.6 Å². The fourth-order valence-corrected chi connectivity index (χ4v) is 4.91. The molecule has 2 amide bonds. The van der Waals surface area contributed by atoms with E-state index in [2.05, 4.69) is 5.32 Å². The van der Waals surface area contributed by atoms with Crippen molar-refractivity contribution in [1.29, 1.82) is 0 Å². The molecular weight excluding hydrogens is 442 g/mol. The van der Waals surface area contributed by atoms with E-state index in [-0.39, 0.29) is 17.3 Å². The SMILES string of the molecule is COc1ccc(NC(=O)CN(C)S(=O)(=O)c2ccc3c(c2)CCCN3C(C)=O)cc1Cl. The Kier molecular flexibility index (Phi) is 6.88. The van der Waals surface area contributed by atoms with Crippen molar-refractivity contribution in [2.24, 2.45) is 0 Å². The number of amides is 2. The van der Waals surface area contributed by atoms with E-state index in [1.54, 1.807) is 29.2 Å². The van der Waals surface area contributed by atoms with E-state index in [1.807, 2.05) is 0 Å². The van der Waals surface area contributed by atoms with Crippen LogP contribution in [0.4, 0.5) is 11.4 Å². The van der Waals surface area contributed by atoms with Gasteiger partial charge in [0, 0.05) is 31.9 Å². The van der Waals surface area contributed by atoms with Crippen molar-refractivity contribution >= 4 is 44.8 Å². The van der Waals surface area contributed by atoms with Crippen LogP contribution >= 0.6 is 11.6 Å². The molecule has 0 saturated heterocycles. The van der Waals surface area contributed by atoms with Crippen molar-refractivity contribution < 1.29 is 22.7 Å². The minimum Gasteiger partial charge on any atom is -0.495 e. The molecule has 0 saturated carbocycles. The molecule has 0 radical (unpaired) electrons. The number of hydrogen-bond donors (Lipinski definition) is 1. The molecule has 0 spiro atoms. The average Bonchev–Trinajstić information content (AvgIpc) is 2.72. The van der Waals surface area contributed by atoms with E-state index in [9.17, 15) is 18.0 Å². The van der Waals surface area contributed by atoms with Gasteiger partial charge in [-0.25, -0.2) is 8.42 Å². The first kappa shape index (κ1) is 23.1. The molecule has 0 aliphatic carbocycles. The van der Waals surface area contributed by atoms with Crippen LogP contribution in [0.15, 0.2) is 41.3 Å². The summed E-state index contributed by atoms with van der Waals surface area (Å²) in [4.78, 5) is 25.9. The topological polar surface area (TPSA) is 96.0 Å². The normalized spacial score (nSPS) is 13.6. The van der Waals surface area contributed by atoms with Crippen LogP contribution in [-0.4, -0.2) is 51.8 Å². The lowest BCUT2D eigenvalue weighted by Gasteiger charge is -2.29. The summed E-state index contributed by atoms with van der Waals surface area (Å²) in [6.07, 6.45) is 1.45. The second kappa shape index (κ2) is 9.25. The molecule has 1 aliphatic rings. The first-order valence-electron chi connectivity index (χ1n) is 9.64. The smallest absolute Gasteiger partial charge is 0.243 e. The number of likely N-dealkylation sites (N-methyl/N-ethyl adjacent to an activating group) is 1. The van der Waals surface area contributed by atoms with Crippen LogP contribution < -0.4 is 15.0 Å². The fourth-order valence-electron chi connectivity index (χ4n) is 3.47. The number of methoxy groups -OCH3 is 1. The van der Waals surface area contributed by atoms with Crippen molar-refractivity contribution in [3.05, 3.63) is 47.0 Å². The Morgan fingerprint density at radius 1 is 1.23 bits per heavy atom. The van der Waals surface area contributed by atoms with Gasteiger partial charge >= 0.3 is 0 Å². The zero-order valence-electron chi connectivity index (χ0n) is 17.5. The number of benzene rings is 2. The number of rotatable bonds is 6. The lowest BCUT2D eigenvalue weighted by Crippen LogP contribution is -2.36. The van der Waals surface area contributed by atoms with Crippen LogP contribution in [-0.2, 0) is 26.0 Å². The number of nitrogens with zero attached hydrogens (tertiary/aromatic N) is 2. The number of sulfonamides is 1. The van der Waals surface area contributed by atoms with Crippen molar-refractivity contribution in [3.63, 3.8) is 0 Å². The van der Waals surface area contributed by atoms with E-state index in [0.29, 0.717) is 29.4 Å². The zero-order valence-corrected chi connectivity index (χ0v) is 19.1. The lowest BCUT2D eigenvalue weighted by atomic mass is 10.0. The maximum Gasteiger partial charge on any atom is 0.243 e. The van der Waals surface area contributed by atoms with Gasteiger partial charge in [-0.1, -0.05) is 11.6 Å². The molecule has 0 unspecified atom stereocenters. The number of carbonyl (C=O) groups is 2. The second-order valence-electron chi connectivity index (χ2n) is 7.22. The summed E-state index contributed by atoms with van der Waals surface area (Å²) in [6, 6.07) is 9.44. The number of anilines is 2. The molecule has 10 heteroatoms. The molecule has 0 fully saturated rings. The fraction of sp³-hybridized carbons (Fsp3) is 0.333. The molecule has 0 atom stereocenters. The number of halogens is 1. The van der Waals surface area contributed by atoms with E-state index in [0.717, 1.165) is 22.0 Å². The molecule has 1 heterocycles. The Morgan fingerprint density at radius 3 is 2.61 bits per heavy atom. The minimum absolute atomic E-state index is 0.0796. The highest BCUT2D eigenvalue weighted by molar-refractivity contribution is 7.89. The molecule has 166 valence electrons. The third kappa shape index (κ3) is 5.00. The Balaban J connectivity index is 1.74. The lowest BCUT2D eigenvalue weighted by molar-refractivity contribution is -0.117. The monoisotopic (exact) mass is 465 g/mol. The van der Waals surface area contributed by atoms with Gasteiger partial charge in [-0.15, -0.1) is 0 Å². The molecule has 0 bridgehead atoms. The maximum absolute atomic E-state index is 13.0. The molecule has 0 aromatic heterocycles. The first-order valence-corrected chi connectivity index (χ1v) is 11.5. The van der Waals surface area contributed by atoms with Gasteiger partial charge in [-0.2, -0.15) is 4.31 Å². The third-order valence-electron chi connectivity index (χ3n) is 5.06. The summed E-state index contributed by atoms with van der Waals surface area (Å²) < 4.78 is 32.0. The van der Waals surface area contributed by atoms with Crippen molar-refractivity contribution in [1.82, 2.24) is 4.31 Å². The molecule has 31 heavy (non-hydrogen) atoms. The Bertz CT molecular complexity index is 1120. The van der Waals surface area contributed by atoms with Crippen LogP contribution in [0.3, 0.4) is 0 Å². The third-order valence-corrected chi connectivity index (χ3v) is 7.15. The van der Waals surface area contributed by atoms with Gasteiger partial charge in [0.2, 0.25) is 21.8 Å². The van der Waals surface area contributed by atoms with Crippen LogP contribution in [0.5, 0.6) is 5.75 Å². The van der Waals surface area contributed by atoms with E-state index in [1.165, 1.54) is 33.2 Å². The summed E-state index contributed by atoms with van der Waals surface area (Å²) >= 11 is 6.05. The summed E-state index contributed by atoms with van der Waals surface area (Å²) in [5, 5.41) is 2.96. The van der Waals surface area contributed by atoms with Crippen LogP contribution in [0.25, 0.3) is 0 Å². The average molecular weight is 466 g/mol. The summed E-state index contributed by atoms with van der Waals surface area (Å²) in [5.74, 6) is -0.118. The Hall–Kier alpha value is -2.62. The quantitative estimate of drug-likeness (QED) is 0.707. The first-order chi connectivity index (χ1) is 14.6. The predicted octanol–water partition coefficient (Wildman–Crippen LogP) is 2.91. The maximum atomic E-state index is 13.0. The van der Waals surface area contributed by atoms with Crippen molar-refractivity contribution in [2.45, 2.75) is 24.7 Å². The van der Waals surface area contributed by atoms with Crippen LogP contribution in [0, 0.1) is 0 Å². The summed E-state index contributed by atoms with van der Waals surface area (Å²) in [7, 11) is -1.07. The van der Waals surface area contributed by atoms with Crippen LogP contribution in [0.2, 0.25) is 5.02 Å². The molecule has 1 aliphatic heterocycles. The van der Waals surface area contributed by atoms with Gasteiger partial charge in [0.25, 0.3) is 0 Å². The minimum atomic E-state index is -3.89. The molecule has 2 aromatic rings. The molecule has 8 nitrogen and oxygen atoms in total. The summed E-state index contributed by atoms with van der Waals surface area (Å²) in [6.45, 7) is 1.73. The number of hydrogen-bond acceptors (Lipinski definition) is 5. The predicted molar refractivity (Wildman–Crippen MR) is 119 cm³/mol. The number of nitrogens with one attached hydrogen (secondary N) is 1. The number of carbonyl (C=O) groups excluding carboxylic acids is 2. The molecule has 3 rings (SSSR count). The van der Waals surface area contributed by atoms with Gasteiger partial charge in [0.15, 0.2) is 0 Å². The Morgan fingerprint density at radius 2 is 1.97 bits per heavy atom. The molecule has 1 N–H and O–H groups in total. The van der Waals surface area contributed by atoms with Gasteiger partial charge in [-0.3, -0.25) is 9.59 Å². The number of ether oxygens (including phenoxy) is 1. The highest BCUT2D eigenvalue weighted by atomic mass is 35.5. The highest BCUT2D eigenvalue weighted by Crippen LogP contribution is 2.30. The van der Waals surface area contributed by atoms with Crippen molar-refractivity contribution in [3.8, 4) is 5.75 Å². The highest BCUT2D eigenvalue weighted by Gasteiger charge is 2.26. The summed E-state index contributed by atoms with van der Waals surface area (Å²) in [5.41, 5.74) is 1.96. The van der Waals surface area contributed by atoms with Gasteiger partial charge in [0.1, 0.15) is 5.75 Å². The van der Waals surface area contributed by atoms with Gasteiger partial charge < -0.3 is 15.0 Å². The standard InChI is InChI=1S/C21H24ClN3O5S/c1-14(26)25-10-4-5-15-11-17(7-8-19(15)25)31(28,29)24(2)13-21(27)23-16-6-9-20(30-3)18(22)12-16/h6-9,11-12H,4-5,10,13H2,1-3H3,(H,23,27). The van der Waals surface area contributed by atoms with E-state index >= 15 is 0 Å². The number of fused-ring (bicyclic) bond motifs is 1. The number of aryl methyl sites for hydroxylation is 1. The van der Waals surface area contributed by atoms with Gasteiger partial charge in [-0.05, 0) is 54.8 Å². The molecule has 2 aromatic carbocycles.